The number of carbonyl (C=O) groups is 1. The minimum Gasteiger partial charge on any atom is -0.355 e. The Morgan fingerprint density at radius 3 is 2.57 bits per heavy atom. The van der Waals surface area contributed by atoms with Crippen molar-refractivity contribution in [1.82, 2.24) is 9.46 Å². The SMILES string of the molecule is CC1CCCN(S(=O)(=O)c2ccc(NC(=O)c3cc(-c4ccccc4)on3)cc2)C1. The van der Waals surface area contributed by atoms with E-state index in [1.165, 1.54) is 16.4 Å². The molecule has 1 fully saturated rings. The van der Waals surface area contributed by atoms with Crippen LogP contribution in [-0.4, -0.2) is 36.9 Å². The Labute approximate surface area is 175 Å². The van der Waals surface area contributed by atoms with E-state index >= 15 is 0 Å². The standard InChI is InChI=1S/C22H23N3O4S/c1-16-6-5-13-25(15-16)30(27,28)19-11-9-18(10-12-19)23-22(26)20-14-21(29-24-20)17-7-3-2-4-8-17/h2-4,7-12,14,16H,5-6,13,15H2,1H3,(H,23,26). The fraction of sp³-hybridized carbons (Fsp3) is 0.273. The maximum atomic E-state index is 12.8. The molecule has 1 aliphatic rings. The molecule has 0 bridgehead atoms. The fourth-order valence-electron chi connectivity index (χ4n) is 3.54. The second-order valence-corrected chi connectivity index (χ2v) is 9.47. The van der Waals surface area contributed by atoms with Gasteiger partial charge in [0, 0.05) is 30.4 Å². The van der Waals surface area contributed by atoms with Crippen LogP contribution < -0.4 is 5.32 Å². The van der Waals surface area contributed by atoms with Crippen LogP contribution in [0.3, 0.4) is 0 Å². The zero-order chi connectivity index (χ0) is 21.1. The van der Waals surface area contributed by atoms with Gasteiger partial charge in [-0.15, -0.1) is 0 Å². The third-order valence-electron chi connectivity index (χ3n) is 5.17. The first kappa shape index (κ1) is 20.3. The molecule has 1 amide bonds. The van der Waals surface area contributed by atoms with Gasteiger partial charge in [0.05, 0.1) is 4.90 Å². The van der Waals surface area contributed by atoms with E-state index in [9.17, 15) is 13.2 Å². The molecule has 1 unspecified atom stereocenters. The molecule has 2 aromatic carbocycles. The maximum absolute atomic E-state index is 12.8. The lowest BCUT2D eigenvalue weighted by molar-refractivity contribution is 0.101. The minimum atomic E-state index is -3.53. The lowest BCUT2D eigenvalue weighted by atomic mass is 10.0. The van der Waals surface area contributed by atoms with Gasteiger partial charge in [0.15, 0.2) is 11.5 Å². The summed E-state index contributed by atoms with van der Waals surface area (Å²) in [6.45, 7) is 3.14. The third-order valence-corrected chi connectivity index (χ3v) is 7.05. The molecular formula is C22H23N3O4S. The van der Waals surface area contributed by atoms with Gasteiger partial charge in [0.2, 0.25) is 10.0 Å². The molecule has 0 radical (unpaired) electrons. The van der Waals surface area contributed by atoms with E-state index in [0.717, 1.165) is 18.4 Å². The Balaban J connectivity index is 1.45. The van der Waals surface area contributed by atoms with Gasteiger partial charge in [-0.05, 0) is 43.0 Å². The Morgan fingerprint density at radius 1 is 1.13 bits per heavy atom. The van der Waals surface area contributed by atoms with Crippen molar-refractivity contribution in [3.8, 4) is 11.3 Å². The van der Waals surface area contributed by atoms with Gasteiger partial charge in [-0.25, -0.2) is 8.42 Å². The predicted octanol–water partition coefficient (Wildman–Crippen LogP) is 4.01. The van der Waals surface area contributed by atoms with Crippen molar-refractivity contribution in [3.05, 3.63) is 66.4 Å². The summed E-state index contributed by atoms with van der Waals surface area (Å²) in [6, 6.07) is 17.1. The average molecular weight is 426 g/mol. The number of sulfonamides is 1. The molecule has 4 rings (SSSR count). The van der Waals surface area contributed by atoms with E-state index in [0.29, 0.717) is 30.5 Å². The van der Waals surface area contributed by atoms with Crippen molar-refractivity contribution in [2.45, 2.75) is 24.7 Å². The maximum Gasteiger partial charge on any atom is 0.277 e. The number of nitrogens with one attached hydrogen (secondary N) is 1. The summed E-state index contributed by atoms with van der Waals surface area (Å²) in [7, 11) is -3.53. The van der Waals surface area contributed by atoms with Crippen LogP contribution in [0.5, 0.6) is 0 Å². The van der Waals surface area contributed by atoms with Crippen LogP contribution >= 0.6 is 0 Å². The molecule has 0 spiro atoms. The van der Waals surface area contributed by atoms with E-state index in [1.54, 1.807) is 18.2 Å². The quantitative estimate of drug-likeness (QED) is 0.667. The van der Waals surface area contributed by atoms with Crippen LogP contribution in [-0.2, 0) is 10.0 Å². The number of rotatable bonds is 5. The lowest BCUT2D eigenvalue weighted by Crippen LogP contribution is -2.39. The number of carbonyl (C=O) groups excluding carboxylic acids is 1. The number of nitrogens with zero attached hydrogens (tertiary/aromatic N) is 2. The topological polar surface area (TPSA) is 92.5 Å². The Bertz CT molecular complexity index is 1120. The van der Waals surface area contributed by atoms with Gasteiger partial charge < -0.3 is 9.84 Å². The molecule has 30 heavy (non-hydrogen) atoms. The number of hydrogen-bond donors (Lipinski definition) is 1. The Hall–Kier alpha value is -2.97. The number of anilines is 1. The van der Waals surface area contributed by atoms with Crippen molar-refractivity contribution in [1.29, 1.82) is 0 Å². The zero-order valence-electron chi connectivity index (χ0n) is 16.6. The highest BCUT2D eigenvalue weighted by Crippen LogP contribution is 2.25. The number of amides is 1. The molecule has 3 aromatic rings. The first-order valence-electron chi connectivity index (χ1n) is 9.87. The highest BCUT2D eigenvalue weighted by atomic mass is 32.2. The summed E-state index contributed by atoms with van der Waals surface area (Å²) in [5, 5.41) is 6.54. The van der Waals surface area contributed by atoms with E-state index in [2.05, 4.69) is 17.4 Å². The largest absolute Gasteiger partial charge is 0.355 e. The molecule has 0 aliphatic carbocycles. The third kappa shape index (κ3) is 4.29. The Morgan fingerprint density at radius 2 is 1.87 bits per heavy atom. The molecule has 1 atom stereocenters. The molecule has 1 aromatic heterocycles. The van der Waals surface area contributed by atoms with Crippen molar-refractivity contribution >= 4 is 21.6 Å². The van der Waals surface area contributed by atoms with Gasteiger partial charge in [-0.1, -0.05) is 42.4 Å². The molecular weight excluding hydrogens is 402 g/mol. The lowest BCUT2D eigenvalue weighted by Gasteiger charge is -2.30. The van der Waals surface area contributed by atoms with Crippen LogP contribution in [0.1, 0.15) is 30.3 Å². The minimum absolute atomic E-state index is 0.146. The zero-order valence-corrected chi connectivity index (χ0v) is 17.4. The highest BCUT2D eigenvalue weighted by molar-refractivity contribution is 7.89. The summed E-state index contributed by atoms with van der Waals surface area (Å²) in [5.74, 6) is 0.426. The van der Waals surface area contributed by atoms with E-state index in [-0.39, 0.29) is 10.6 Å². The number of piperidine rings is 1. The van der Waals surface area contributed by atoms with Crippen LogP contribution in [0.25, 0.3) is 11.3 Å². The summed E-state index contributed by atoms with van der Waals surface area (Å²) in [5.41, 5.74) is 1.45. The van der Waals surface area contributed by atoms with Crippen molar-refractivity contribution < 1.29 is 17.7 Å². The van der Waals surface area contributed by atoms with Crippen molar-refractivity contribution in [2.24, 2.45) is 5.92 Å². The molecule has 1 aliphatic heterocycles. The molecule has 1 saturated heterocycles. The monoisotopic (exact) mass is 425 g/mol. The predicted molar refractivity (Wildman–Crippen MR) is 113 cm³/mol. The van der Waals surface area contributed by atoms with Gasteiger partial charge in [0.25, 0.3) is 5.91 Å². The fourth-order valence-corrected chi connectivity index (χ4v) is 5.14. The summed E-state index contributed by atoms with van der Waals surface area (Å²) >= 11 is 0. The smallest absolute Gasteiger partial charge is 0.277 e. The van der Waals surface area contributed by atoms with Crippen molar-refractivity contribution in [3.63, 3.8) is 0 Å². The van der Waals surface area contributed by atoms with Gasteiger partial charge in [-0.3, -0.25) is 4.79 Å². The number of hydrogen-bond acceptors (Lipinski definition) is 5. The number of benzene rings is 2. The van der Waals surface area contributed by atoms with Crippen molar-refractivity contribution in [2.75, 3.05) is 18.4 Å². The van der Waals surface area contributed by atoms with E-state index < -0.39 is 15.9 Å². The second-order valence-electron chi connectivity index (χ2n) is 7.53. The van der Waals surface area contributed by atoms with Crippen LogP contribution in [0.15, 0.2) is 70.1 Å². The summed E-state index contributed by atoms with van der Waals surface area (Å²) in [6.07, 6.45) is 1.92. The molecule has 1 N–H and O–H groups in total. The summed E-state index contributed by atoms with van der Waals surface area (Å²) < 4.78 is 32.5. The Kier molecular flexibility index (Phi) is 5.69. The van der Waals surface area contributed by atoms with E-state index in [4.69, 9.17) is 4.52 Å². The van der Waals surface area contributed by atoms with Crippen LogP contribution in [0, 0.1) is 5.92 Å². The molecule has 8 heteroatoms. The van der Waals surface area contributed by atoms with Gasteiger partial charge in [-0.2, -0.15) is 4.31 Å². The van der Waals surface area contributed by atoms with Crippen LogP contribution in [0.4, 0.5) is 5.69 Å². The average Bonchev–Trinajstić information content (AvgIpc) is 3.25. The highest BCUT2D eigenvalue weighted by Gasteiger charge is 2.28. The molecule has 7 nitrogen and oxygen atoms in total. The van der Waals surface area contributed by atoms with Crippen LogP contribution in [0.2, 0.25) is 0 Å². The molecule has 2 heterocycles. The van der Waals surface area contributed by atoms with Gasteiger partial charge in [0.1, 0.15) is 0 Å². The molecule has 0 saturated carbocycles. The van der Waals surface area contributed by atoms with E-state index in [1.807, 2.05) is 30.3 Å². The first-order valence-corrected chi connectivity index (χ1v) is 11.3. The second kappa shape index (κ2) is 8.41. The first-order chi connectivity index (χ1) is 14.4. The normalized spacial score (nSPS) is 17.6. The van der Waals surface area contributed by atoms with Gasteiger partial charge >= 0.3 is 0 Å². The summed E-state index contributed by atoms with van der Waals surface area (Å²) in [4.78, 5) is 12.7. The molecule has 156 valence electrons. The number of aromatic nitrogens is 1.